The number of hydrogen-bond acceptors (Lipinski definition) is 4. The first-order chi connectivity index (χ1) is 17.4. The van der Waals surface area contributed by atoms with Crippen LogP contribution in [0.1, 0.15) is 58.8 Å². The Kier molecular flexibility index (Phi) is 7.78. The minimum Gasteiger partial charge on any atom is -0.457 e. The largest absolute Gasteiger partial charge is 0.457 e. The van der Waals surface area contributed by atoms with Gasteiger partial charge in [-0.15, -0.1) is 12.4 Å². The fraction of sp³-hybridized carbons (Fsp3) is 0.533. The molecule has 37 heavy (non-hydrogen) atoms. The van der Waals surface area contributed by atoms with E-state index in [-0.39, 0.29) is 29.9 Å². The molecule has 1 aliphatic heterocycles. The number of ether oxygens (including phenoxy) is 1. The van der Waals surface area contributed by atoms with Gasteiger partial charge in [-0.25, -0.2) is 0 Å². The smallest absolute Gasteiger partial charge is 0.226 e. The number of anilines is 1. The van der Waals surface area contributed by atoms with Crippen molar-refractivity contribution in [3.63, 3.8) is 0 Å². The number of thioether (sulfide) groups is 1. The maximum Gasteiger partial charge on any atom is 0.226 e. The van der Waals surface area contributed by atoms with Crippen molar-refractivity contribution in [3.05, 3.63) is 54.6 Å². The molecule has 5 fully saturated rings. The Hall–Kier alpha value is -2.18. The highest BCUT2D eigenvalue weighted by molar-refractivity contribution is 8.14. The van der Waals surface area contributed by atoms with E-state index in [1.54, 1.807) is 0 Å². The van der Waals surface area contributed by atoms with Crippen molar-refractivity contribution in [2.75, 3.05) is 11.1 Å². The molecule has 7 heteroatoms. The standard InChI is InChI=1S/C30H37N3O2S.ClH/c1-20(2)33-25(19-36-29(33)32-30-16-21-12-22(17-30)14-23(13-21)18-30)15-28(34)31-24-8-10-27(11-9-24)35-26-6-4-3-5-7-26;/h3-11,20-23,25H,12-19H2,1-2H3,(H,31,34);1H/b32-29-;. The maximum atomic E-state index is 13.0. The van der Waals surface area contributed by atoms with Crippen molar-refractivity contribution in [2.45, 2.75) is 76.4 Å². The molecule has 2 aromatic carbocycles. The molecule has 4 bridgehead atoms. The van der Waals surface area contributed by atoms with E-state index in [9.17, 15) is 4.79 Å². The Morgan fingerprint density at radius 3 is 2.19 bits per heavy atom. The highest BCUT2D eigenvalue weighted by Gasteiger charge is 2.51. The average Bonchev–Trinajstić information content (AvgIpc) is 3.21. The van der Waals surface area contributed by atoms with E-state index in [0.29, 0.717) is 12.5 Å². The van der Waals surface area contributed by atoms with Crippen LogP contribution in [0.3, 0.4) is 0 Å². The number of carbonyl (C=O) groups is 1. The number of rotatable bonds is 7. The maximum absolute atomic E-state index is 13.0. The van der Waals surface area contributed by atoms with E-state index in [0.717, 1.165) is 40.7 Å². The monoisotopic (exact) mass is 539 g/mol. The lowest BCUT2D eigenvalue weighted by atomic mass is 9.53. The van der Waals surface area contributed by atoms with Crippen LogP contribution in [-0.4, -0.2) is 39.4 Å². The van der Waals surface area contributed by atoms with Crippen molar-refractivity contribution in [2.24, 2.45) is 22.7 Å². The lowest BCUT2D eigenvalue weighted by molar-refractivity contribution is -0.117. The molecule has 1 amide bonds. The summed E-state index contributed by atoms with van der Waals surface area (Å²) in [6.45, 7) is 4.47. The third-order valence-corrected chi connectivity index (χ3v) is 9.56. The van der Waals surface area contributed by atoms with Gasteiger partial charge in [0.15, 0.2) is 5.17 Å². The van der Waals surface area contributed by atoms with Gasteiger partial charge in [0.25, 0.3) is 0 Å². The van der Waals surface area contributed by atoms with Crippen LogP contribution in [0.15, 0.2) is 59.6 Å². The Bertz CT molecular complexity index is 1090. The summed E-state index contributed by atoms with van der Waals surface area (Å²) in [5, 5.41) is 4.28. The van der Waals surface area contributed by atoms with Crippen LogP contribution in [0.5, 0.6) is 11.5 Å². The molecule has 5 aliphatic rings. The number of carbonyl (C=O) groups excluding carboxylic acids is 1. The van der Waals surface area contributed by atoms with Gasteiger partial charge in [0.1, 0.15) is 11.5 Å². The Labute approximate surface area is 231 Å². The zero-order valence-electron chi connectivity index (χ0n) is 21.8. The van der Waals surface area contributed by atoms with Gasteiger partial charge in [-0.05, 0) is 107 Å². The number of amidine groups is 1. The van der Waals surface area contributed by atoms with Crippen LogP contribution < -0.4 is 10.1 Å². The Morgan fingerprint density at radius 2 is 1.59 bits per heavy atom. The fourth-order valence-electron chi connectivity index (χ4n) is 7.43. The van der Waals surface area contributed by atoms with Crippen LogP contribution in [0, 0.1) is 17.8 Å². The number of para-hydroxylation sites is 1. The van der Waals surface area contributed by atoms with E-state index < -0.39 is 0 Å². The summed E-state index contributed by atoms with van der Waals surface area (Å²) in [6.07, 6.45) is 8.64. The zero-order chi connectivity index (χ0) is 24.7. The van der Waals surface area contributed by atoms with E-state index in [1.807, 2.05) is 66.4 Å². The van der Waals surface area contributed by atoms with E-state index in [4.69, 9.17) is 9.73 Å². The van der Waals surface area contributed by atoms with E-state index in [2.05, 4.69) is 24.1 Å². The number of nitrogens with zero attached hydrogens (tertiary/aromatic N) is 2. The molecule has 0 radical (unpaired) electrons. The summed E-state index contributed by atoms with van der Waals surface area (Å²) < 4.78 is 5.86. The molecule has 4 saturated carbocycles. The lowest BCUT2D eigenvalue weighted by Gasteiger charge is -2.55. The number of benzene rings is 2. The molecule has 1 N–H and O–H groups in total. The first-order valence-electron chi connectivity index (χ1n) is 13.6. The molecule has 1 saturated heterocycles. The van der Waals surface area contributed by atoms with E-state index in [1.165, 1.54) is 43.7 Å². The third kappa shape index (κ3) is 5.80. The molecule has 0 spiro atoms. The van der Waals surface area contributed by atoms with E-state index >= 15 is 0 Å². The topological polar surface area (TPSA) is 53.9 Å². The molecule has 2 aromatic rings. The Morgan fingerprint density at radius 1 is 1.00 bits per heavy atom. The summed E-state index contributed by atoms with van der Waals surface area (Å²) in [5.41, 5.74) is 0.968. The van der Waals surface area contributed by atoms with Crippen LogP contribution >= 0.6 is 24.2 Å². The molecular formula is C30H38ClN3O2S. The molecule has 7 rings (SSSR count). The number of nitrogens with one attached hydrogen (secondary N) is 1. The summed E-state index contributed by atoms with van der Waals surface area (Å²) in [4.78, 5) is 21.0. The predicted octanol–water partition coefficient (Wildman–Crippen LogP) is 7.38. The van der Waals surface area contributed by atoms with Crippen molar-refractivity contribution in [1.82, 2.24) is 4.90 Å². The summed E-state index contributed by atoms with van der Waals surface area (Å²) in [6, 6.07) is 17.8. The van der Waals surface area contributed by atoms with Crippen molar-refractivity contribution in [3.8, 4) is 11.5 Å². The fourth-order valence-corrected chi connectivity index (χ4v) is 8.82. The molecule has 5 nitrogen and oxygen atoms in total. The number of amides is 1. The number of aliphatic imine (C=N–C) groups is 1. The molecule has 4 aliphatic carbocycles. The average molecular weight is 540 g/mol. The minimum atomic E-state index is 0. The summed E-state index contributed by atoms with van der Waals surface area (Å²) >= 11 is 1.87. The quantitative estimate of drug-likeness (QED) is 0.399. The summed E-state index contributed by atoms with van der Waals surface area (Å²) in [7, 11) is 0. The zero-order valence-corrected chi connectivity index (χ0v) is 23.4. The van der Waals surface area contributed by atoms with Gasteiger partial charge in [-0.2, -0.15) is 0 Å². The van der Waals surface area contributed by atoms with Crippen LogP contribution in [0.2, 0.25) is 0 Å². The van der Waals surface area contributed by atoms with Gasteiger partial charge in [-0.1, -0.05) is 30.0 Å². The van der Waals surface area contributed by atoms with Gasteiger partial charge >= 0.3 is 0 Å². The molecule has 0 aromatic heterocycles. The van der Waals surface area contributed by atoms with Crippen molar-refractivity contribution >= 4 is 40.9 Å². The van der Waals surface area contributed by atoms with Crippen molar-refractivity contribution in [1.29, 1.82) is 0 Å². The highest BCUT2D eigenvalue weighted by atomic mass is 35.5. The van der Waals surface area contributed by atoms with Crippen LogP contribution in [0.4, 0.5) is 5.69 Å². The molecule has 1 unspecified atom stereocenters. The normalized spacial score (nSPS) is 31.0. The first kappa shape index (κ1) is 26.4. The molecule has 1 heterocycles. The Balaban J connectivity index is 0.00000280. The van der Waals surface area contributed by atoms with Crippen molar-refractivity contribution < 1.29 is 9.53 Å². The highest BCUT2D eigenvalue weighted by Crippen LogP contribution is 2.57. The van der Waals surface area contributed by atoms with Gasteiger partial charge in [0.2, 0.25) is 5.91 Å². The van der Waals surface area contributed by atoms with Crippen LogP contribution in [-0.2, 0) is 4.79 Å². The second-order valence-electron chi connectivity index (χ2n) is 11.7. The lowest BCUT2D eigenvalue weighted by Crippen LogP contribution is -2.50. The molecule has 1 atom stereocenters. The van der Waals surface area contributed by atoms with Gasteiger partial charge < -0.3 is 15.0 Å². The first-order valence-corrected chi connectivity index (χ1v) is 14.6. The minimum absolute atomic E-state index is 0. The second kappa shape index (κ2) is 10.9. The van der Waals surface area contributed by atoms with Gasteiger partial charge in [0.05, 0.1) is 5.54 Å². The summed E-state index contributed by atoms with van der Waals surface area (Å²) in [5.74, 6) is 5.22. The number of halogens is 1. The predicted molar refractivity (Wildman–Crippen MR) is 155 cm³/mol. The SMILES string of the molecule is CC(C)N1/C(=N/C23CC4CC(CC(C4)C2)C3)SCC1CC(=O)Nc1ccc(Oc2ccccc2)cc1.Cl. The van der Waals surface area contributed by atoms with Crippen LogP contribution in [0.25, 0.3) is 0 Å². The molecular weight excluding hydrogens is 502 g/mol. The second-order valence-corrected chi connectivity index (χ2v) is 12.7. The molecule has 198 valence electrons. The van der Waals surface area contributed by atoms with Gasteiger partial charge in [0, 0.05) is 29.9 Å². The number of hydrogen-bond donors (Lipinski definition) is 1. The third-order valence-electron chi connectivity index (χ3n) is 8.45. The van der Waals surface area contributed by atoms with Gasteiger partial charge in [-0.3, -0.25) is 9.79 Å².